The minimum atomic E-state index is -0.343. The SMILES string of the molecule is CC1CCC(CNCC(O)COC2CCCC2)C1. The van der Waals surface area contributed by atoms with Crippen LogP contribution < -0.4 is 5.32 Å². The standard InChI is InChI=1S/C15H29NO2/c1-12-6-7-13(8-12)9-16-10-14(17)11-18-15-4-2-3-5-15/h12-17H,2-11H2,1H3. The van der Waals surface area contributed by atoms with Gasteiger partial charge in [-0.2, -0.15) is 0 Å². The van der Waals surface area contributed by atoms with Crippen molar-refractivity contribution < 1.29 is 9.84 Å². The van der Waals surface area contributed by atoms with E-state index in [9.17, 15) is 5.11 Å². The third kappa shape index (κ3) is 4.87. The molecule has 2 aliphatic rings. The van der Waals surface area contributed by atoms with Crippen molar-refractivity contribution in [2.75, 3.05) is 19.7 Å². The zero-order chi connectivity index (χ0) is 12.8. The summed E-state index contributed by atoms with van der Waals surface area (Å²) >= 11 is 0. The third-order valence-electron chi connectivity index (χ3n) is 4.44. The van der Waals surface area contributed by atoms with Gasteiger partial charge in [0.1, 0.15) is 0 Å². The molecule has 3 heteroatoms. The first-order chi connectivity index (χ1) is 8.74. The van der Waals surface area contributed by atoms with Crippen LogP contribution in [0.3, 0.4) is 0 Å². The Morgan fingerprint density at radius 1 is 1.22 bits per heavy atom. The van der Waals surface area contributed by atoms with Gasteiger partial charge in [0, 0.05) is 6.54 Å². The van der Waals surface area contributed by atoms with Crippen LogP contribution >= 0.6 is 0 Å². The van der Waals surface area contributed by atoms with Crippen molar-refractivity contribution >= 4 is 0 Å². The molecule has 0 spiro atoms. The van der Waals surface area contributed by atoms with Crippen molar-refractivity contribution in [3.63, 3.8) is 0 Å². The molecular weight excluding hydrogens is 226 g/mol. The second-order valence-electron chi connectivity index (χ2n) is 6.34. The number of rotatable bonds is 7. The highest BCUT2D eigenvalue weighted by atomic mass is 16.5. The Labute approximate surface area is 111 Å². The van der Waals surface area contributed by atoms with Crippen LogP contribution in [0.2, 0.25) is 0 Å². The highest BCUT2D eigenvalue weighted by Gasteiger charge is 2.21. The summed E-state index contributed by atoms with van der Waals surface area (Å²) in [7, 11) is 0. The fraction of sp³-hybridized carbons (Fsp3) is 1.00. The molecule has 2 fully saturated rings. The molecule has 0 amide bonds. The third-order valence-corrected chi connectivity index (χ3v) is 4.44. The van der Waals surface area contributed by atoms with E-state index < -0.39 is 0 Å². The maximum atomic E-state index is 9.85. The lowest BCUT2D eigenvalue weighted by Crippen LogP contribution is -2.34. The van der Waals surface area contributed by atoms with E-state index in [1.807, 2.05) is 0 Å². The lowest BCUT2D eigenvalue weighted by Gasteiger charge is -2.17. The van der Waals surface area contributed by atoms with E-state index in [1.54, 1.807) is 0 Å². The molecule has 0 aromatic carbocycles. The van der Waals surface area contributed by atoms with Gasteiger partial charge in [-0.05, 0) is 44.1 Å². The monoisotopic (exact) mass is 255 g/mol. The summed E-state index contributed by atoms with van der Waals surface area (Å²) in [4.78, 5) is 0. The molecule has 3 nitrogen and oxygen atoms in total. The summed E-state index contributed by atoms with van der Waals surface area (Å²) in [5.41, 5.74) is 0. The molecule has 3 atom stereocenters. The van der Waals surface area contributed by atoms with Crippen LogP contribution in [-0.4, -0.2) is 37.0 Å². The van der Waals surface area contributed by atoms with Gasteiger partial charge in [0.25, 0.3) is 0 Å². The summed E-state index contributed by atoms with van der Waals surface area (Å²) < 4.78 is 5.71. The molecule has 2 N–H and O–H groups in total. The van der Waals surface area contributed by atoms with E-state index in [4.69, 9.17) is 4.74 Å². The Kier molecular flexibility index (Phi) is 5.93. The average molecular weight is 255 g/mol. The van der Waals surface area contributed by atoms with E-state index in [0.29, 0.717) is 19.3 Å². The number of hydrogen-bond donors (Lipinski definition) is 2. The van der Waals surface area contributed by atoms with E-state index in [2.05, 4.69) is 12.2 Å². The maximum Gasteiger partial charge on any atom is 0.0897 e. The molecule has 0 aliphatic heterocycles. The van der Waals surface area contributed by atoms with Crippen molar-refractivity contribution in [1.82, 2.24) is 5.32 Å². The predicted molar refractivity (Wildman–Crippen MR) is 73.6 cm³/mol. The van der Waals surface area contributed by atoms with E-state index in [-0.39, 0.29) is 6.10 Å². The molecule has 106 valence electrons. The second kappa shape index (κ2) is 7.46. The van der Waals surface area contributed by atoms with Gasteiger partial charge in [0.15, 0.2) is 0 Å². The molecule has 3 unspecified atom stereocenters. The first-order valence-corrected chi connectivity index (χ1v) is 7.74. The van der Waals surface area contributed by atoms with Gasteiger partial charge < -0.3 is 15.2 Å². The molecule has 2 saturated carbocycles. The molecule has 0 radical (unpaired) electrons. The molecule has 0 saturated heterocycles. The van der Waals surface area contributed by atoms with Crippen LogP contribution in [-0.2, 0) is 4.74 Å². The molecule has 0 aromatic rings. The van der Waals surface area contributed by atoms with Gasteiger partial charge in [-0.1, -0.05) is 26.2 Å². The van der Waals surface area contributed by atoms with Crippen LogP contribution in [0.4, 0.5) is 0 Å². The summed E-state index contributed by atoms with van der Waals surface area (Å²) in [6, 6.07) is 0. The first kappa shape index (κ1) is 14.3. The molecule has 2 rings (SSSR count). The Morgan fingerprint density at radius 3 is 2.67 bits per heavy atom. The average Bonchev–Trinajstić information content (AvgIpc) is 2.98. The Balaban J connectivity index is 1.47. The molecule has 0 bridgehead atoms. The zero-order valence-corrected chi connectivity index (χ0v) is 11.7. The van der Waals surface area contributed by atoms with Crippen LogP contribution in [0.5, 0.6) is 0 Å². The van der Waals surface area contributed by atoms with Gasteiger partial charge in [0.2, 0.25) is 0 Å². The Morgan fingerprint density at radius 2 is 2.00 bits per heavy atom. The largest absolute Gasteiger partial charge is 0.389 e. The summed E-state index contributed by atoms with van der Waals surface area (Å²) in [5.74, 6) is 1.72. The van der Waals surface area contributed by atoms with E-state index >= 15 is 0 Å². The van der Waals surface area contributed by atoms with Gasteiger partial charge in [-0.3, -0.25) is 0 Å². The minimum absolute atomic E-state index is 0.343. The first-order valence-electron chi connectivity index (χ1n) is 7.74. The van der Waals surface area contributed by atoms with Crippen LogP contribution in [0, 0.1) is 11.8 Å². The number of aliphatic hydroxyl groups excluding tert-OH is 1. The van der Waals surface area contributed by atoms with Crippen molar-refractivity contribution in [2.45, 2.75) is 64.1 Å². The fourth-order valence-corrected chi connectivity index (χ4v) is 3.33. The summed E-state index contributed by atoms with van der Waals surface area (Å²) in [6.45, 7) is 4.57. The normalized spacial score (nSPS) is 31.0. The van der Waals surface area contributed by atoms with Gasteiger partial charge in [-0.25, -0.2) is 0 Å². The Bertz CT molecular complexity index is 229. The quantitative estimate of drug-likeness (QED) is 0.733. The van der Waals surface area contributed by atoms with E-state index in [1.165, 1.54) is 44.9 Å². The smallest absolute Gasteiger partial charge is 0.0897 e. The van der Waals surface area contributed by atoms with E-state index in [0.717, 1.165) is 18.4 Å². The molecular formula is C15H29NO2. The number of ether oxygens (including phenoxy) is 1. The molecule has 0 aromatic heterocycles. The maximum absolute atomic E-state index is 9.85. The van der Waals surface area contributed by atoms with Crippen LogP contribution in [0.1, 0.15) is 51.9 Å². The molecule has 0 heterocycles. The Hall–Kier alpha value is -0.120. The minimum Gasteiger partial charge on any atom is -0.389 e. The topological polar surface area (TPSA) is 41.5 Å². The fourth-order valence-electron chi connectivity index (χ4n) is 3.33. The highest BCUT2D eigenvalue weighted by Crippen LogP contribution is 2.29. The van der Waals surface area contributed by atoms with Crippen molar-refractivity contribution in [2.24, 2.45) is 11.8 Å². The predicted octanol–water partition coefficient (Wildman–Crippen LogP) is 2.33. The second-order valence-corrected chi connectivity index (χ2v) is 6.34. The van der Waals surface area contributed by atoms with Gasteiger partial charge >= 0.3 is 0 Å². The van der Waals surface area contributed by atoms with Gasteiger partial charge in [0.05, 0.1) is 18.8 Å². The highest BCUT2D eigenvalue weighted by molar-refractivity contribution is 4.75. The number of aliphatic hydroxyl groups is 1. The van der Waals surface area contributed by atoms with Crippen molar-refractivity contribution in [1.29, 1.82) is 0 Å². The van der Waals surface area contributed by atoms with Crippen molar-refractivity contribution in [3.05, 3.63) is 0 Å². The molecule has 18 heavy (non-hydrogen) atoms. The van der Waals surface area contributed by atoms with Crippen molar-refractivity contribution in [3.8, 4) is 0 Å². The summed E-state index contributed by atoms with van der Waals surface area (Å²) in [5, 5.41) is 13.2. The van der Waals surface area contributed by atoms with Gasteiger partial charge in [-0.15, -0.1) is 0 Å². The van der Waals surface area contributed by atoms with Crippen LogP contribution in [0.25, 0.3) is 0 Å². The zero-order valence-electron chi connectivity index (χ0n) is 11.7. The number of hydrogen-bond acceptors (Lipinski definition) is 3. The number of nitrogens with one attached hydrogen (secondary N) is 1. The summed E-state index contributed by atoms with van der Waals surface area (Å²) in [6.07, 6.45) is 9.09. The molecule has 2 aliphatic carbocycles. The lowest BCUT2D eigenvalue weighted by atomic mass is 10.1. The lowest BCUT2D eigenvalue weighted by molar-refractivity contribution is -0.00560. The van der Waals surface area contributed by atoms with Crippen LogP contribution in [0.15, 0.2) is 0 Å².